The number of aromatic amines is 1. The summed E-state index contributed by atoms with van der Waals surface area (Å²) < 4.78 is 0. The number of carbonyl (C=O) groups excluding carboxylic acids is 1. The molecule has 0 unspecified atom stereocenters. The minimum Gasteiger partial charge on any atom is -0.364 e. The Morgan fingerprint density at radius 2 is 2.12 bits per heavy atom. The molecule has 0 spiro atoms. The number of primary amides is 1. The highest BCUT2D eigenvalue weighted by atomic mass is 35.5. The van der Waals surface area contributed by atoms with Crippen LogP contribution in [0.15, 0.2) is 16.7 Å². The van der Waals surface area contributed by atoms with E-state index < -0.39 is 5.91 Å². The van der Waals surface area contributed by atoms with Crippen LogP contribution in [-0.4, -0.2) is 45.7 Å². The lowest BCUT2D eigenvalue weighted by atomic mass is 10.4. The van der Waals surface area contributed by atoms with Gasteiger partial charge in [0.1, 0.15) is 0 Å². The molecule has 0 radical (unpaired) electrons. The first kappa shape index (κ1) is 13.7. The van der Waals surface area contributed by atoms with Crippen molar-refractivity contribution in [3.05, 3.63) is 12.0 Å². The smallest absolute Gasteiger partial charge is 0.269 e. The zero-order valence-corrected chi connectivity index (χ0v) is 10.4. The van der Waals surface area contributed by atoms with E-state index in [1.54, 1.807) is 5.01 Å². The van der Waals surface area contributed by atoms with Crippen LogP contribution in [0.4, 0.5) is 5.82 Å². The van der Waals surface area contributed by atoms with Gasteiger partial charge in [-0.05, 0) is 0 Å². The van der Waals surface area contributed by atoms with E-state index in [9.17, 15) is 4.79 Å². The van der Waals surface area contributed by atoms with Crippen molar-refractivity contribution >= 4 is 34.9 Å². The molecule has 1 rings (SSSR count). The lowest BCUT2D eigenvalue weighted by Gasteiger charge is -2.13. The fourth-order valence-corrected chi connectivity index (χ4v) is 1.44. The van der Waals surface area contributed by atoms with Gasteiger partial charge in [-0.1, -0.05) is 5.22 Å². The molecule has 1 aromatic rings. The second-order valence-electron chi connectivity index (χ2n) is 2.99. The number of hydrogen-bond acceptors (Lipinski definition) is 4. The van der Waals surface area contributed by atoms with Crippen molar-refractivity contribution in [1.82, 2.24) is 15.0 Å². The van der Waals surface area contributed by atoms with Gasteiger partial charge in [0, 0.05) is 11.8 Å². The molecule has 0 aromatic carbocycles. The molecule has 9 heteroatoms. The molecule has 0 saturated carbocycles. The number of imidazole rings is 1. The van der Waals surface area contributed by atoms with Crippen LogP contribution in [0.5, 0.6) is 0 Å². The van der Waals surface area contributed by atoms with Crippen LogP contribution in [0.2, 0.25) is 0 Å². The second-order valence-corrected chi connectivity index (χ2v) is 3.74. The highest BCUT2D eigenvalue weighted by Gasteiger charge is 2.10. The molecule has 17 heavy (non-hydrogen) atoms. The summed E-state index contributed by atoms with van der Waals surface area (Å²) in [7, 11) is 0. The van der Waals surface area contributed by atoms with Crippen LogP contribution in [0, 0.1) is 0 Å². The summed E-state index contributed by atoms with van der Waals surface area (Å²) in [5, 5.41) is 9.29. The third kappa shape index (κ3) is 4.20. The van der Waals surface area contributed by atoms with Crippen LogP contribution >= 0.6 is 23.2 Å². The number of nitrogens with zero attached hydrogens (tertiary/aromatic N) is 4. The number of rotatable bonds is 7. The van der Waals surface area contributed by atoms with Crippen LogP contribution in [0.25, 0.3) is 0 Å². The normalized spacial score (nSPS) is 10.9. The topological polar surface area (TPSA) is 99.7 Å². The van der Waals surface area contributed by atoms with Crippen molar-refractivity contribution in [3.63, 3.8) is 0 Å². The van der Waals surface area contributed by atoms with Crippen molar-refractivity contribution in [3.8, 4) is 0 Å². The quantitative estimate of drug-likeness (QED) is 0.446. The summed E-state index contributed by atoms with van der Waals surface area (Å²) in [5.41, 5.74) is 5.23. The monoisotopic (exact) mass is 278 g/mol. The Kier molecular flexibility index (Phi) is 5.71. The Hall–Kier alpha value is -1.34. The number of carbonyl (C=O) groups is 1. The zero-order valence-electron chi connectivity index (χ0n) is 8.94. The lowest BCUT2D eigenvalue weighted by Crippen LogP contribution is -2.21. The predicted octanol–water partition coefficient (Wildman–Crippen LogP) is 1.29. The van der Waals surface area contributed by atoms with Crippen molar-refractivity contribution in [1.29, 1.82) is 0 Å². The molecule has 94 valence electrons. The fourth-order valence-electron chi connectivity index (χ4n) is 1.05. The maximum absolute atomic E-state index is 11.0. The molecule has 0 aliphatic carbocycles. The molecular formula is C8H12Cl2N6O. The molecule has 0 saturated heterocycles. The molecule has 0 aliphatic heterocycles. The highest BCUT2D eigenvalue weighted by Crippen LogP contribution is 2.13. The number of hydrogen-bond donors (Lipinski definition) is 2. The first-order valence-corrected chi connectivity index (χ1v) is 5.87. The van der Waals surface area contributed by atoms with Crippen LogP contribution in [0.1, 0.15) is 10.5 Å². The van der Waals surface area contributed by atoms with Crippen LogP contribution < -0.4 is 5.73 Å². The van der Waals surface area contributed by atoms with Gasteiger partial charge in [0.15, 0.2) is 5.69 Å². The summed E-state index contributed by atoms with van der Waals surface area (Å²) in [4.78, 5) is 17.4. The molecule has 0 aliphatic rings. The third-order valence-electron chi connectivity index (χ3n) is 1.82. The van der Waals surface area contributed by atoms with Gasteiger partial charge in [-0.3, -0.25) is 9.80 Å². The van der Waals surface area contributed by atoms with E-state index >= 15 is 0 Å². The number of nitrogens with two attached hydrogens (primary N) is 1. The van der Waals surface area contributed by atoms with E-state index in [0.717, 1.165) is 0 Å². The average molecular weight is 279 g/mol. The van der Waals surface area contributed by atoms with Crippen LogP contribution in [-0.2, 0) is 0 Å². The first-order chi connectivity index (χ1) is 8.19. The van der Waals surface area contributed by atoms with Crippen molar-refractivity contribution in [2.75, 3.05) is 24.8 Å². The SMILES string of the molecule is NC(=O)c1[nH]cnc1/N=N\N(CCCl)CCCl. The molecule has 0 bridgehead atoms. The standard InChI is InChI=1S/C8H12Cl2N6O/c9-1-3-16(4-2-10)15-14-8-6(7(11)17)12-5-13-8/h5H,1-4H2,(H2,11,17)(H,12,13)/b15-14-. The number of halogens is 2. The van der Waals surface area contributed by atoms with Gasteiger partial charge in [-0.2, -0.15) is 0 Å². The Morgan fingerprint density at radius 1 is 1.47 bits per heavy atom. The van der Waals surface area contributed by atoms with Crippen molar-refractivity contribution in [2.45, 2.75) is 0 Å². The van der Waals surface area contributed by atoms with E-state index in [1.807, 2.05) is 0 Å². The van der Waals surface area contributed by atoms with E-state index in [-0.39, 0.29) is 11.5 Å². The third-order valence-corrected chi connectivity index (χ3v) is 2.15. The second kappa shape index (κ2) is 7.08. The maximum atomic E-state index is 11.0. The summed E-state index contributed by atoms with van der Waals surface area (Å²) >= 11 is 11.2. The van der Waals surface area contributed by atoms with Crippen LogP contribution in [0.3, 0.4) is 0 Å². The van der Waals surface area contributed by atoms with Gasteiger partial charge in [0.25, 0.3) is 5.91 Å². The molecule has 7 nitrogen and oxygen atoms in total. The minimum absolute atomic E-state index is 0.116. The number of H-pyrrole nitrogens is 1. The highest BCUT2D eigenvalue weighted by molar-refractivity contribution is 6.18. The van der Waals surface area contributed by atoms with Gasteiger partial charge < -0.3 is 10.7 Å². The molecule has 0 atom stereocenters. The molecule has 0 fully saturated rings. The van der Waals surface area contributed by atoms with Gasteiger partial charge >= 0.3 is 0 Å². The minimum atomic E-state index is -0.641. The molecule has 1 aromatic heterocycles. The summed E-state index contributed by atoms with van der Waals surface area (Å²) in [5.74, 6) is 0.308. The summed E-state index contributed by atoms with van der Waals surface area (Å²) in [6.45, 7) is 1.02. The number of nitrogens with one attached hydrogen (secondary N) is 1. The maximum Gasteiger partial charge on any atom is 0.269 e. The van der Waals surface area contributed by atoms with E-state index in [0.29, 0.717) is 24.8 Å². The predicted molar refractivity (Wildman–Crippen MR) is 64.6 cm³/mol. The Labute approximate surface area is 108 Å². The van der Waals surface area contributed by atoms with Gasteiger partial charge in [-0.25, -0.2) is 4.98 Å². The van der Waals surface area contributed by atoms with Crippen molar-refractivity contribution in [2.24, 2.45) is 16.1 Å². The van der Waals surface area contributed by atoms with Crippen molar-refractivity contribution < 1.29 is 4.79 Å². The van der Waals surface area contributed by atoms with Gasteiger partial charge in [-0.15, -0.1) is 28.3 Å². The fraction of sp³-hybridized carbons (Fsp3) is 0.500. The first-order valence-electron chi connectivity index (χ1n) is 4.80. The number of amides is 1. The summed E-state index contributed by atoms with van der Waals surface area (Å²) in [6, 6.07) is 0. The van der Waals surface area contributed by atoms with E-state index in [4.69, 9.17) is 28.9 Å². The molecule has 1 amide bonds. The molecule has 1 heterocycles. The summed E-state index contributed by atoms with van der Waals surface area (Å²) in [6.07, 6.45) is 1.32. The number of aromatic nitrogens is 2. The largest absolute Gasteiger partial charge is 0.364 e. The van der Waals surface area contributed by atoms with Gasteiger partial charge in [0.2, 0.25) is 5.82 Å². The Balaban J connectivity index is 2.73. The molecular weight excluding hydrogens is 267 g/mol. The van der Waals surface area contributed by atoms with Gasteiger partial charge in [0.05, 0.1) is 19.4 Å². The number of alkyl halides is 2. The zero-order chi connectivity index (χ0) is 12.7. The lowest BCUT2D eigenvalue weighted by molar-refractivity contribution is 0.0996. The Morgan fingerprint density at radius 3 is 2.65 bits per heavy atom. The molecule has 3 N–H and O–H groups in total. The van der Waals surface area contributed by atoms with E-state index in [2.05, 4.69) is 20.3 Å². The Bertz CT molecular complexity index is 387. The van der Waals surface area contributed by atoms with E-state index in [1.165, 1.54) is 6.33 Å². The average Bonchev–Trinajstić information content (AvgIpc) is 2.74.